The van der Waals surface area contributed by atoms with Crippen LogP contribution >= 0.6 is 0 Å². The lowest BCUT2D eigenvalue weighted by atomic mass is 9.82. The van der Waals surface area contributed by atoms with E-state index in [1.165, 1.54) is 12.8 Å². The summed E-state index contributed by atoms with van der Waals surface area (Å²) in [5.74, 6) is -1.60. The minimum atomic E-state index is -2.51. The summed E-state index contributed by atoms with van der Waals surface area (Å²) >= 11 is 0. The topological polar surface area (TPSA) is 56.6 Å². The van der Waals surface area contributed by atoms with Crippen LogP contribution in [-0.2, 0) is 13.1 Å². The highest BCUT2D eigenvalue weighted by Crippen LogP contribution is 2.41. The summed E-state index contributed by atoms with van der Waals surface area (Å²) in [6.45, 7) is 3.78. The average Bonchev–Trinajstić information content (AvgIpc) is 3.42. The highest BCUT2D eigenvalue weighted by Gasteiger charge is 2.35. The van der Waals surface area contributed by atoms with Gasteiger partial charge in [-0.2, -0.15) is 4.98 Å². The molecule has 0 bridgehead atoms. The Morgan fingerprint density at radius 2 is 1.84 bits per heavy atom. The Bertz CT molecular complexity index is 993. The number of fused-ring (bicyclic) bond motifs is 1. The van der Waals surface area contributed by atoms with Crippen LogP contribution in [-0.4, -0.2) is 46.2 Å². The zero-order valence-electron chi connectivity index (χ0n) is 18.1. The van der Waals surface area contributed by atoms with Crippen molar-refractivity contribution in [3.8, 4) is 11.8 Å². The van der Waals surface area contributed by atoms with Gasteiger partial charge >= 0.3 is 6.01 Å². The fraction of sp³-hybridized carbons (Fsp3) is 0.583. The minimum absolute atomic E-state index is 0.0357. The fourth-order valence-corrected chi connectivity index (χ4v) is 4.99. The van der Waals surface area contributed by atoms with E-state index in [0.29, 0.717) is 37.8 Å². The highest BCUT2D eigenvalue weighted by molar-refractivity contribution is 5.30. The molecule has 1 saturated heterocycles. The Morgan fingerprint density at radius 1 is 1.12 bits per heavy atom. The van der Waals surface area contributed by atoms with Gasteiger partial charge in [-0.1, -0.05) is 12.1 Å². The van der Waals surface area contributed by atoms with Crippen molar-refractivity contribution >= 4 is 0 Å². The number of likely N-dealkylation sites (tertiary alicyclic amines) is 1. The molecule has 6 nitrogen and oxygen atoms in total. The molecule has 32 heavy (non-hydrogen) atoms. The lowest BCUT2D eigenvalue weighted by Crippen LogP contribution is -2.25. The molecular formula is C24H29F2N3O3. The second-order valence-corrected chi connectivity index (χ2v) is 9.21. The number of benzene rings is 1. The first kappa shape index (κ1) is 21.4. The number of hydrogen-bond acceptors (Lipinski definition) is 5. The van der Waals surface area contributed by atoms with Gasteiger partial charge in [0.05, 0.1) is 6.54 Å². The van der Waals surface area contributed by atoms with Crippen LogP contribution in [0, 0.1) is 0 Å². The van der Waals surface area contributed by atoms with Crippen LogP contribution in [0.2, 0.25) is 0 Å². The molecule has 1 atom stereocenters. The lowest BCUT2D eigenvalue weighted by Gasteiger charge is -2.28. The maximum absolute atomic E-state index is 13.4. The van der Waals surface area contributed by atoms with Crippen molar-refractivity contribution in [3.63, 3.8) is 0 Å². The molecule has 3 aliphatic rings. The molecule has 1 aromatic heterocycles. The van der Waals surface area contributed by atoms with Gasteiger partial charge in [-0.15, -0.1) is 0 Å². The average molecular weight is 446 g/mol. The lowest BCUT2D eigenvalue weighted by molar-refractivity contribution is -0.0382. The molecule has 8 heteroatoms. The van der Waals surface area contributed by atoms with Crippen LogP contribution in [0.3, 0.4) is 0 Å². The Kier molecular flexibility index (Phi) is 5.88. The molecule has 1 aromatic carbocycles. The van der Waals surface area contributed by atoms with Crippen LogP contribution in [0.5, 0.6) is 11.8 Å². The quantitative estimate of drug-likeness (QED) is 0.674. The van der Waals surface area contributed by atoms with E-state index in [4.69, 9.17) is 9.47 Å². The molecule has 1 aliphatic carbocycles. The molecule has 0 spiro atoms. The molecule has 2 aliphatic heterocycles. The predicted molar refractivity (Wildman–Crippen MR) is 116 cm³/mol. The van der Waals surface area contributed by atoms with Gasteiger partial charge < -0.3 is 9.47 Å². The van der Waals surface area contributed by atoms with Crippen molar-refractivity contribution in [3.05, 3.63) is 51.9 Å². The maximum Gasteiger partial charge on any atom is 0.300 e. The largest absolute Gasteiger partial charge is 0.490 e. The van der Waals surface area contributed by atoms with Gasteiger partial charge in [0, 0.05) is 31.1 Å². The van der Waals surface area contributed by atoms with Gasteiger partial charge in [0.15, 0.2) is 6.10 Å². The van der Waals surface area contributed by atoms with Crippen molar-refractivity contribution < 1.29 is 18.3 Å². The monoisotopic (exact) mass is 445 g/mol. The van der Waals surface area contributed by atoms with E-state index in [-0.39, 0.29) is 30.4 Å². The molecule has 0 radical (unpaired) electrons. The number of rotatable bonds is 6. The van der Waals surface area contributed by atoms with Crippen LogP contribution < -0.4 is 15.0 Å². The number of hydrogen-bond donors (Lipinski definition) is 0. The molecule has 1 saturated carbocycles. The third-order valence-electron chi connectivity index (χ3n) is 6.82. The third kappa shape index (κ3) is 4.80. The first-order chi connectivity index (χ1) is 15.4. The number of aromatic nitrogens is 2. The molecule has 2 fully saturated rings. The molecule has 3 heterocycles. The zero-order chi connectivity index (χ0) is 22.1. The summed E-state index contributed by atoms with van der Waals surface area (Å²) in [5, 5.41) is 0. The summed E-state index contributed by atoms with van der Waals surface area (Å²) in [5.41, 5.74) is 1.75. The molecular weight excluding hydrogens is 416 g/mol. The maximum atomic E-state index is 13.4. The Morgan fingerprint density at radius 3 is 2.56 bits per heavy atom. The van der Waals surface area contributed by atoms with Gasteiger partial charge in [0.25, 0.3) is 5.56 Å². The Hall–Kier alpha value is -2.48. The van der Waals surface area contributed by atoms with Gasteiger partial charge in [0.1, 0.15) is 12.4 Å². The van der Waals surface area contributed by atoms with E-state index in [2.05, 4.69) is 9.88 Å². The molecule has 2 aromatic rings. The van der Waals surface area contributed by atoms with E-state index in [9.17, 15) is 13.6 Å². The highest BCUT2D eigenvalue weighted by atomic mass is 19.3. The molecule has 0 amide bonds. The SMILES string of the molecule is O=c1cc(CN2CCCC2)n2c(n1)O[C@H](COc1ccc(C3CCC(F)(F)CC3)cc1)C2. The molecule has 172 valence electrons. The van der Waals surface area contributed by atoms with Gasteiger partial charge in [0.2, 0.25) is 5.92 Å². The third-order valence-corrected chi connectivity index (χ3v) is 6.82. The summed E-state index contributed by atoms with van der Waals surface area (Å²) in [4.78, 5) is 18.4. The van der Waals surface area contributed by atoms with Gasteiger partial charge in [-0.05, 0) is 62.4 Å². The first-order valence-corrected chi connectivity index (χ1v) is 11.6. The van der Waals surface area contributed by atoms with Crippen LogP contribution in [0.4, 0.5) is 8.78 Å². The number of halogens is 2. The van der Waals surface area contributed by atoms with Crippen molar-refractivity contribution in [2.24, 2.45) is 0 Å². The first-order valence-electron chi connectivity index (χ1n) is 11.6. The number of nitrogens with zero attached hydrogens (tertiary/aromatic N) is 3. The molecule has 0 N–H and O–H groups in total. The van der Waals surface area contributed by atoms with E-state index >= 15 is 0 Å². The standard InChI is InChI=1S/C24H29F2N3O3/c25-24(26)9-7-18(8-10-24)17-3-5-20(6-4-17)31-16-21-15-29-19(14-28-11-1-2-12-28)13-22(30)27-23(29)32-21/h3-6,13,18,21H,1-2,7-12,14-16H2/t21-/m0/s1. The van der Waals surface area contributed by atoms with Gasteiger partial charge in [-0.25, -0.2) is 8.78 Å². The van der Waals surface area contributed by atoms with E-state index in [1.807, 2.05) is 28.8 Å². The van der Waals surface area contributed by atoms with E-state index < -0.39 is 5.92 Å². The normalized spacial score (nSPS) is 23.1. The van der Waals surface area contributed by atoms with Crippen molar-refractivity contribution in [2.75, 3.05) is 19.7 Å². The second-order valence-electron chi connectivity index (χ2n) is 9.21. The van der Waals surface area contributed by atoms with Crippen LogP contribution in [0.15, 0.2) is 35.1 Å². The smallest absolute Gasteiger partial charge is 0.300 e. The second kappa shape index (κ2) is 8.81. The summed E-state index contributed by atoms with van der Waals surface area (Å²) in [6, 6.07) is 9.71. The molecule has 0 unspecified atom stereocenters. The summed E-state index contributed by atoms with van der Waals surface area (Å²) in [7, 11) is 0. The summed E-state index contributed by atoms with van der Waals surface area (Å²) in [6.07, 6.45) is 3.14. The van der Waals surface area contributed by atoms with E-state index in [1.54, 1.807) is 6.07 Å². The van der Waals surface area contributed by atoms with E-state index in [0.717, 1.165) is 30.9 Å². The number of alkyl halides is 2. The Labute approximate surface area is 186 Å². The van der Waals surface area contributed by atoms with Crippen LogP contribution in [0.25, 0.3) is 0 Å². The zero-order valence-corrected chi connectivity index (χ0v) is 18.1. The summed E-state index contributed by atoms with van der Waals surface area (Å²) < 4.78 is 40.6. The minimum Gasteiger partial charge on any atom is -0.490 e. The van der Waals surface area contributed by atoms with Crippen LogP contribution in [0.1, 0.15) is 55.7 Å². The van der Waals surface area contributed by atoms with Crippen molar-refractivity contribution in [2.45, 2.75) is 69.6 Å². The predicted octanol–water partition coefficient (Wildman–Crippen LogP) is 3.97. The van der Waals surface area contributed by atoms with Gasteiger partial charge in [-0.3, -0.25) is 14.3 Å². The number of ether oxygens (including phenoxy) is 2. The molecule has 5 rings (SSSR count). The fourth-order valence-electron chi connectivity index (χ4n) is 4.99. The van der Waals surface area contributed by atoms with Crippen molar-refractivity contribution in [1.82, 2.24) is 14.5 Å². The Balaban J connectivity index is 1.17. The van der Waals surface area contributed by atoms with Crippen molar-refractivity contribution in [1.29, 1.82) is 0 Å².